The van der Waals surface area contributed by atoms with E-state index in [1.165, 1.54) is 38.3 Å². The van der Waals surface area contributed by atoms with Crippen molar-refractivity contribution in [1.82, 2.24) is 93.9 Å². The number of hydrogen-bond acceptors (Lipinski definition) is 24. The summed E-state index contributed by atoms with van der Waals surface area (Å²) in [6, 6.07) is 16.6. The van der Waals surface area contributed by atoms with E-state index in [-0.39, 0.29) is 133 Å². The molecule has 1 unspecified atom stereocenters. The molecule has 6 aliphatic heterocycles. The third-order valence-electron chi connectivity index (χ3n) is 25.5. The number of nitrogens with one attached hydrogen (secondary N) is 11. The van der Waals surface area contributed by atoms with Gasteiger partial charge >= 0.3 is 11.9 Å². The van der Waals surface area contributed by atoms with E-state index in [1.807, 2.05) is 155 Å². The predicted octanol–water partition coefficient (Wildman–Crippen LogP) is 9.30. The molecule has 37 heteroatoms. The summed E-state index contributed by atoms with van der Waals surface area (Å²) in [4.78, 5) is 213. The fourth-order valence-corrected chi connectivity index (χ4v) is 16.8. The van der Waals surface area contributed by atoms with Crippen LogP contribution in [0, 0.1) is 41.4 Å². The lowest BCUT2D eigenvalue weighted by atomic mass is 9.89. The van der Waals surface area contributed by atoms with E-state index in [1.54, 1.807) is 71.3 Å². The molecule has 15 N–H and O–H groups in total. The highest BCUT2D eigenvalue weighted by Gasteiger charge is 2.39. The Morgan fingerprint density at radius 2 is 0.951 bits per heavy atom. The first-order valence-electron chi connectivity index (χ1n) is 48.9. The van der Waals surface area contributed by atoms with E-state index in [0.29, 0.717) is 83.2 Å². The third kappa shape index (κ3) is 33.6. The Morgan fingerprint density at radius 3 is 1.40 bits per heavy atom. The van der Waals surface area contributed by atoms with Gasteiger partial charge in [0.05, 0.1) is 29.2 Å². The van der Waals surface area contributed by atoms with Crippen molar-refractivity contribution in [3.05, 3.63) is 169 Å². The lowest BCUT2D eigenvalue weighted by Crippen LogP contribution is -2.61. The van der Waals surface area contributed by atoms with Crippen molar-refractivity contribution in [2.45, 2.75) is 267 Å². The van der Waals surface area contributed by atoms with Gasteiger partial charge in [-0.1, -0.05) is 117 Å². The van der Waals surface area contributed by atoms with Crippen molar-refractivity contribution in [3.63, 3.8) is 0 Å². The van der Waals surface area contributed by atoms with Crippen LogP contribution < -0.4 is 64.7 Å². The number of carboxylic acid groups (broad SMARTS) is 2. The number of ketones is 3. The number of benzene rings is 3. The number of aliphatic carboxylic acids is 2. The summed E-state index contributed by atoms with van der Waals surface area (Å²) in [7, 11) is 0. The van der Waals surface area contributed by atoms with Gasteiger partial charge in [-0.25, -0.2) is 21.7 Å². The number of rotatable bonds is 21. The molecule has 10 bridgehead atoms. The molecule has 3 aromatic heterocycles. The Bertz CT molecular complexity index is 5660. The Hall–Kier alpha value is -13.5. The van der Waals surface area contributed by atoms with Crippen LogP contribution in [0.25, 0.3) is 50.5 Å². The van der Waals surface area contributed by atoms with Gasteiger partial charge in [0.25, 0.3) is 23.6 Å². The zero-order valence-electron chi connectivity index (χ0n) is 84.3. The van der Waals surface area contributed by atoms with Gasteiger partial charge in [-0.05, 0) is 224 Å². The first-order chi connectivity index (χ1) is 67.3. The molecule has 11 amide bonds. The maximum atomic E-state index is 13.1. The van der Waals surface area contributed by atoms with Gasteiger partial charge in [-0.2, -0.15) is 0 Å². The average Bonchev–Trinajstić information content (AvgIpc) is 0.860. The molecule has 12 rings (SSSR count). The number of amides is 11. The number of allylic oxidation sites excluding steroid dienone is 4. The second kappa shape index (κ2) is 54.5. The minimum Gasteiger partial charge on any atom is -0.480 e. The molecule has 0 spiro atoms. The van der Waals surface area contributed by atoms with Gasteiger partial charge in [0.2, 0.25) is 41.4 Å². The molecule has 4 saturated heterocycles. The molecule has 0 saturated carbocycles. The summed E-state index contributed by atoms with van der Waals surface area (Å²) in [6.45, 7) is 37.6. The Kier molecular flexibility index (Phi) is 43.7. The van der Waals surface area contributed by atoms with Crippen LogP contribution in [-0.2, 0) is 76.7 Å². The number of nitrogens with zero attached hydrogens (tertiary/aromatic N) is 7. The largest absolute Gasteiger partial charge is 0.480 e. The summed E-state index contributed by atoms with van der Waals surface area (Å²) in [5.74, 6) is -8.08. The first-order valence-corrected chi connectivity index (χ1v) is 48.9. The van der Waals surface area contributed by atoms with Gasteiger partial charge in [-0.3, -0.25) is 112 Å². The molecule has 0 aliphatic carbocycles. The highest BCUT2D eigenvalue weighted by Crippen LogP contribution is 2.29. The minimum absolute atomic E-state index is 0.0537. The molecule has 6 aromatic rings. The Morgan fingerprint density at radius 1 is 0.500 bits per heavy atom. The number of aromatic nitrogens is 3. The van der Waals surface area contributed by atoms with Crippen molar-refractivity contribution < 1.29 is 86.9 Å². The van der Waals surface area contributed by atoms with Gasteiger partial charge in [0, 0.05) is 123 Å². The highest BCUT2D eigenvalue weighted by atomic mass is 16.4. The molecule has 15 atom stereocenters. The minimum atomic E-state index is -1.01. The topological polar surface area (TPSA) is 524 Å². The van der Waals surface area contributed by atoms with Gasteiger partial charge in [-0.15, -0.1) is 6.58 Å². The molecule has 37 nitrogen and oxygen atoms in total. The summed E-state index contributed by atoms with van der Waals surface area (Å²) in [6.07, 6.45) is 23.4. The molecule has 9 heterocycles. The molecule has 6 aliphatic rings. The predicted molar refractivity (Wildman–Crippen MR) is 541 cm³/mol. The van der Waals surface area contributed by atoms with E-state index in [9.17, 15) is 76.7 Å². The van der Waals surface area contributed by atoms with Crippen LogP contribution in [0.5, 0.6) is 0 Å². The number of nitrogens with two attached hydrogens (primary N) is 1. The fraction of sp³-hybridized carbons (Fsp3) is 0.495. The van der Waals surface area contributed by atoms with Crippen molar-refractivity contribution in [2.75, 3.05) is 26.2 Å². The number of Topliss-reactive ketones (excluding diaryl/α,β-unsaturated/α-hetero) is 2. The lowest BCUT2D eigenvalue weighted by Gasteiger charge is -2.35. The van der Waals surface area contributed by atoms with Gasteiger partial charge in [0.1, 0.15) is 65.9 Å². The van der Waals surface area contributed by atoms with Crippen LogP contribution >= 0.6 is 0 Å². The van der Waals surface area contributed by atoms with Crippen molar-refractivity contribution in [2.24, 2.45) is 47.2 Å². The van der Waals surface area contributed by atoms with Crippen LogP contribution in [-0.4, -0.2) is 220 Å². The van der Waals surface area contributed by atoms with E-state index in [0.717, 1.165) is 60.4 Å². The summed E-state index contributed by atoms with van der Waals surface area (Å²) >= 11 is 0. The molecule has 3 aromatic carbocycles. The second-order valence-corrected chi connectivity index (χ2v) is 38.3. The number of carbonyl (C=O) groups is 16. The third-order valence-corrected chi connectivity index (χ3v) is 25.5. The van der Waals surface area contributed by atoms with Crippen molar-refractivity contribution >= 4 is 145 Å². The van der Waals surface area contributed by atoms with Crippen LogP contribution in [0.4, 0.5) is 0 Å². The quantitative estimate of drug-likeness (QED) is 0.0236. The Balaban J connectivity index is 0.000000223. The van der Waals surface area contributed by atoms with Crippen LogP contribution in [0.1, 0.15) is 246 Å². The normalized spacial score (nSPS) is 22.7. The maximum Gasteiger partial charge on any atom is 0.322 e. The number of pyridine rings is 3. The maximum absolute atomic E-state index is 13.1. The van der Waals surface area contributed by atoms with E-state index in [4.69, 9.17) is 15.9 Å². The summed E-state index contributed by atoms with van der Waals surface area (Å²) < 4.78 is 0. The average molecular weight is 1960 g/mol. The summed E-state index contributed by atoms with van der Waals surface area (Å²) in [5, 5.41) is 49.2. The number of hydrazine groups is 4. The zero-order chi connectivity index (χ0) is 105. The van der Waals surface area contributed by atoms with Gasteiger partial charge in [0.15, 0.2) is 5.78 Å². The van der Waals surface area contributed by atoms with E-state index >= 15 is 0 Å². The van der Waals surface area contributed by atoms with Crippen molar-refractivity contribution in [1.29, 1.82) is 0 Å². The monoisotopic (exact) mass is 1960 g/mol. The molecular formula is C105H143N19O18. The standard InChI is InChI=1S/C29H37N5O4.C27H34N6O4.2C18H29N3O5.C13H14N2/c1-17(2)25-15-24(35)8-5-7-23-14-22-13-20(10-11-21(22)16-30-23)18(3)31-28(37)26-9-6-12-34(33-26)29(38)19(4)32-27(25)36;1-15(2)24-26(36)30-17(4)27(37)33-11-5-6-22(32-33)25(35)29-16(3)18-7-8-19-14-28-21(13-20(19)12-18)9-10-23(34)31-24;2*1-5-7-13(22)10-14(11(2)3)16(23)19-12(4)17(24)21-9-6-8-15(20-21)18(25)26;1-3-13-7-12-6-10(9(2)14)4-5-11(12)8-15-13/h5,7,10-11,13-14,16-19,25-26,33H,6,8-9,12,15H2,1-4H3,(H,31,37)(H,32,36);7-10,12-17,22,24,32H,5-6,11H2,1-4H3,(H,29,35)(H,30,36)(H,31,34);5,7,11-12,14-15,20H,6,8-10H2,1-4H3,(H,19,23)(H,25,26);5,11-12,14-15,20H,1,6-10H2,2-4H3,(H,19,23)(H,25,26);3-9H,1,14H2,2H3/b7-5+;10-9-;7-5+;;/t18-,19+,25+,26+;16-,17+,22+,24+;2*12-,14-,15-;/m1100./s1. The lowest BCUT2D eigenvalue weighted by molar-refractivity contribution is -0.149. The summed E-state index contributed by atoms with van der Waals surface area (Å²) in [5.41, 5.74) is 22.5. The Labute approximate surface area is 830 Å². The fourth-order valence-electron chi connectivity index (χ4n) is 16.8. The van der Waals surface area contributed by atoms with Crippen LogP contribution in [0.15, 0.2) is 135 Å². The van der Waals surface area contributed by atoms with Crippen LogP contribution in [0.3, 0.4) is 0 Å². The number of hydrogen-bond donors (Lipinski definition) is 14. The van der Waals surface area contributed by atoms with E-state index < -0.39 is 108 Å². The second-order valence-electron chi connectivity index (χ2n) is 38.3. The molecule has 142 heavy (non-hydrogen) atoms. The molecular weight excluding hydrogens is 1820 g/mol. The SMILES string of the molecule is C/C=C/C(=O)C[C@H](C(=O)N[C@@H](C)C(=O)N1CCC[C@@H](C(=O)O)N1)C(C)C.C=CCC(=O)C[C@H](C(=O)N[C@@H](C)C(=O)N1CCC[C@@H](C(=O)O)N1)C(C)C.C=Cc1cc2cc(C(C)N)ccc2cn1.CC(C)[C@@H]1CC(=O)C/C=C/c2cc3cc(ccc3cn2)[C@@H](C)NC(=O)[C@@H]2CCCN(N2)C(=O)[C@H](C)NC1=O.CC(C)[C@@H]1NC(=O)/C=C\c2cc3cc(ccc3cn2)[C@@H](C)NC(=O)[C@@H]2CCCN(N2)C(=O)[C@H](C)NC1=O. The van der Waals surface area contributed by atoms with Crippen LogP contribution in [0.2, 0.25) is 0 Å². The van der Waals surface area contributed by atoms with E-state index in [2.05, 4.69) is 93.1 Å². The number of carboxylic acids is 2. The number of carbonyl (C=O) groups excluding carboxylic acids is 14. The highest BCUT2D eigenvalue weighted by molar-refractivity contribution is 5.99. The van der Waals surface area contributed by atoms with Gasteiger partial charge < -0.3 is 53.2 Å². The van der Waals surface area contributed by atoms with Crippen molar-refractivity contribution in [3.8, 4) is 0 Å². The zero-order valence-corrected chi connectivity index (χ0v) is 84.3. The molecule has 4 fully saturated rings. The first kappa shape index (κ1) is 114. The smallest absolute Gasteiger partial charge is 0.322 e. The molecule has 0 radical (unpaired) electrons. The molecule has 766 valence electrons. The number of fused-ring (bicyclic) bond motifs is 9.